The van der Waals surface area contributed by atoms with E-state index in [0.29, 0.717) is 17.7 Å². The fourth-order valence-corrected chi connectivity index (χ4v) is 5.48. The highest BCUT2D eigenvalue weighted by atomic mass is 16.3. The number of rotatable bonds is 22. The minimum atomic E-state index is -0.331. The normalized spacial score (nSPS) is 12.5. The van der Waals surface area contributed by atoms with Gasteiger partial charge in [-0.1, -0.05) is 103 Å². The van der Waals surface area contributed by atoms with Crippen molar-refractivity contribution in [1.82, 2.24) is 18.8 Å². The van der Waals surface area contributed by atoms with Gasteiger partial charge in [-0.3, -0.25) is 9.36 Å². The third-order valence-electron chi connectivity index (χ3n) is 8.05. The average Bonchev–Trinajstić information content (AvgIpc) is 3.23. The molecule has 2 heterocycles. The Morgan fingerprint density at radius 1 is 0.769 bits per heavy atom. The summed E-state index contributed by atoms with van der Waals surface area (Å²) in [7, 11) is 5.44. The van der Waals surface area contributed by atoms with Crippen LogP contribution < -0.4 is 16.3 Å². The van der Waals surface area contributed by atoms with Crippen molar-refractivity contribution < 1.29 is 5.11 Å². The number of aliphatic hydroxyl groups excluding tert-OH is 1. The van der Waals surface area contributed by atoms with E-state index in [1.54, 1.807) is 12.1 Å². The van der Waals surface area contributed by atoms with Crippen LogP contribution >= 0.6 is 0 Å². The second-order valence-electron chi connectivity index (χ2n) is 11.6. The minimum Gasteiger partial charge on any atom is -0.393 e. The van der Waals surface area contributed by atoms with Crippen LogP contribution in [-0.4, -0.2) is 43.6 Å². The molecule has 0 aliphatic heterocycles. The summed E-state index contributed by atoms with van der Waals surface area (Å²) in [5.41, 5.74) is 0.368. The van der Waals surface area contributed by atoms with Gasteiger partial charge in [-0.15, -0.1) is 0 Å². The summed E-state index contributed by atoms with van der Waals surface area (Å²) in [6.07, 6.45) is 22.1. The maximum absolute atomic E-state index is 13.4. The quantitative estimate of drug-likeness (QED) is 0.184. The molecular weight excluding hydrogens is 490 g/mol. The number of hydrogen-bond acceptors (Lipinski definition) is 5. The average molecular weight is 548 g/mol. The molecule has 0 saturated carbocycles. The highest BCUT2D eigenvalue weighted by Crippen LogP contribution is 2.15. The van der Waals surface area contributed by atoms with E-state index in [-0.39, 0.29) is 17.4 Å². The Morgan fingerprint density at radius 2 is 1.28 bits per heavy atom. The predicted molar refractivity (Wildman–Crippen MR) is 163 cm³/mol. The lowest BCUT2D eigenvalue weighted by Crippen LogP contribution is -2.51. The van der Waals surface area contributed by atoms with Crippen LogP contribution in [0.5, 0.6) is 0 Å². The molecule has 0 bridgehead atoms. The lowest BCUT2D eigenvalue weighted by molar-refractivity contribution is 0.180. The summed E-state index contributed by atoms with van der Waals surface area (Å²) in [4.78, 5) is 31.3. The van der Waals surface area contributed by atoms with Crippen LogP contribution in [0.15, 0.2) is 9.59 Å². The molecule has 0 aromatic carbocycles. The maximum atomic E-state index is 13.4. The number of aliphatic hydroxyl groups is 1. The summed E-state index contributed by atoms with van der Waals surface area (Å²) < 4.78 is 4.69. The molecule has 39 heavy (non-hydrogen) atoms. The number of aromatic nitrogens is 4. The molecule has 0 fully saturated rings. The second-order valence-corrected chi connectivity index (χ2v) is 11.6. The first-order valence-electron chi connectivity index (χ1n) is 15.9. The van der Waals surface area contributed by atoms with E-state index in [1.165, 1.54) is 86.3 Å². The molecule has 1 unspecified atom stereocenters. The van der Waals surface area contributed by atoms with Gasteiger partial charge in [-0.2, -0.15) is 4.68 Å². The van der Waals surface area contributed by atoms with Crippen LogP contribution in [0.2, 0.25) is 0 Å². The van der Waals surface area contributed by atoms with Gasteiger partial charge in [0.25, 0.3) is 0 Å². The number of unbranched alkanes of at least 4 members (excludes halogenated alkanes) is 15. The highest BCUT2D eigenvalue weighted by molar-refractivity contribution is 5.71. The zero-order chi connectivity index (χ0) is 28.6. The van der Waals surface area contributed by atoms with E-state index in [1.807, 2.05) is 25.6 Å². The fourth-order valence-electron chi connectivity index (χ4n) is 5.48. The number of fused-ring (bicyclic) bond motifs is 1. The van der Waals surface area contributed by atoms with E-state index in [4.69, 9.17) is 4.98 Å². The summed E-state index contributed by atoms with van der Waals surface area (Å²) >= 11 is 0. The molecule has 8 nitrogen and oxygen atoms in total. The SMILES string of the molecule is CCCCCCCCCCCCN(C)n1c(=O)c2c(nc(CCCCCCCCCC(C)O)n2C)n(C)c1=O. The van der Waals surface area contributed by atoms with Crippen LogP contribution in [0.3, 0.4) is 0 Å². The smallest absolute Gasteiger partial charge is 0.351 e. The van der Waals surface area contributed by atoms with Crippen LogP contribution in [-0.2, 0) is 20.5 Å². The number of imidazole rings is 1. The predicted octanol–water partition coefficient (Wildman–Crippen LogP) is 5.97. The first-order valence-corrected chi connectivity index (χ1v) is 15.9. The van der Waals surface area contributed by atoms with Crippen molar-refractivity contribution in [2.45, 2.75) is 142 Å². The topological polar surface area (TPSA) is 85.3 Å². The number of hydrogen-bond donors (Lipinski definition) is 1. The molecule has 0 aliphatic rings. The molecule has 0 aliphatic carbocycles. The van der Waals surface area contributed by atoms with Gasteiger partial charge in [0.15, 0.2) is 11.2 Å². The Morgan fingerprint density at radius 3 is 1.85 bits per heavy atom. The van der Waals surface area contributed by atoms with Gasteiger partial charge >= 0.3 is 11.2 Å². The van der Waals surface area contributed by atoms with E-state index < -0.39 is 0 Å². The fraction of sp³-hybridized carbons (Fsp3) is 0.839. The van der Waals surface area contributed by atoms with Crippen molar-refractivity contribution in [3.63, 3.8) is 0 Å². The monoisotopic (exact) mass is 547 g/mol. The molecule has 2 aromatic rings. The molecule has 8 heteroatoms. The van der Waals surface area contributed by atoms with Crippen molar-refractivity contribution in [2.75, 3.05) is 18.6 Å². The largest absolute Gasteiger partial charge is 0.393 e. The molecule has 0 radical (unpaired) electrons. The standard InChI is InChI=1S/C31H57N5O3/c1-6-7-8-9-10-11-12-16-19-22-25-33(3)36-30(38)28-29(35(5)31(36)39)32-27(34(28)4)24-21-18-15-13-14-17-20-23-26(2)37/h26,37H,6-25H2,1-5H3. The van der Waals surface area contributed by atoms with Crippen molar-refractivity contribution >= 4 is 11.2 Å². The van der Waals surface area contributed by atoms with Crippen LogP contribution in [0.1, 0.15) is 135 Å². The summed E-state index contributed by atoms with van der Waals surface area (Å²) in [6.45, 7) is 4.79. The van der Waals surface area contributed by atoms with Gasteiger partial charge < -0.3 is 14.7 Å². The van der Waals surface area contributed by atoms with Crippen molar-refractivity contribution in [1.29, 1.82) is 0 Å². The van der Waals surface area contributed by atoms with Gasteiger partial charge in [0.05, 0.1) is 6.10 Å². The molecular formula is C31H57N5O3. The first-order chi connectivity index (χ1) is 18.8. The zero-order valence-corrected chi connectivity index (χ0v) is 25.7. The summed E-state index contributed by atoms with van der Waals surface area (Å²) in [5, 5.41) is 11.1. The molecule has 0 spiro atoms. The molecule has 2 aromatic heterocycles. The van der Waals surface area contributed by atoms with Crippen LogP contribution in [0.4, 0.5) is 0 Å². The summed E-state index contributed by atoms with van der Waals surface area (Å²) in [5.74, 6) is 0.865. The van der Waals surface area contributed by atoms with Gasteiger partial charge in [0, 0.05) is 34.1 Å². The van der Waals surface area contributed by atoms with Gasteiger partial charge in [-0.25, -0.2) is 9.78 Å². The molecule has 1 atom stereocenters. The van der Waals surface area contributed by atoms with Gasteiger partial charge in [-0.05, 0) is 26.2 Å². The van der Waals surface area contributed by atoms with Crippen molar-refractivity contribution in [3.8, 4) is 0 Å². The molecule has 0 saturated heterocycles. The molecule has 224 valence electrons. The third kappa shape index (κ3) is 10.8. The van der Waals surface area contributed by atoms with Gasteiger partial charge in [0.2, 0.25) is 0 Å². The zero-order valence-electron chi connectivity index (χ0n) is 25.7. The third-order valence-corrected chi connectivity index (χ3v) is 8.05. The Labute approximate surface area is 236 Å². The van der Waals surface area contributed by atoms with E-state index in [2.05, 4.69) is 6.92 Å². The molecule has 0 amide bonds. The summed E-state index contributed by atoms with van der Waals surface area (Å²) in [6, 6.07) is 0. The molecule has 1 N–H and O–H groups in total. The Kier molecular flexibility index (Phi) is 15.5. The minimum absolute atomic E-state index is 0.188. The van der Waals surface area contributed by atoms with E-state index in [9.17, 15) is 14.7 Å². The Hall–Kier alpha value is -2.09. The van der Waals surface area contributed by atoms with E-state index in [0.717, 1.165) is 50.8 Å². The first kappa shape index (κ1) is 33.1. The highest BCUT2D eigenvalue weighted by Gasteiger charge is 2.20. The van der Waals surface area contributed by atoms with Crippen molar-refractivity contribution in [3.05, 3.63) is 26.7 Å². The Bertz CT molecular complexity index is 1070. The Balaban J connectivity index is 1.85. The lowest BCUT2D eigenvalue weighted by Gasteiger charge is -2.21. The number of aryl methyl sites for hydroxylation is 3. The van der Waals surface area contributed by atoms with E-state index >= 15 is 0 Å². The molecule has 2 rings (SSSR count). The van der Waals surface area contributed by atoms with Crippen LogP contribution in [0.25, 0.3) is 11.2 Å². The van der Waals surface area contributed by atoms with Crippen molar-refractivity contribution in [2.24, 2.45) is 14.1 Å². The number of nitrogens with zero attached hydrogens (tertiary/aromatic N) is 5. The van der Waals surface area contributed by atoms with Gasteiger partial charge in [0.1, 0.15) is 5.82 Å². The van der Waals surface area contributed by atoms with Crippen LogP contribution in [0, 0.1) is 0 Å². The lowest BCUT2D eigenvalue weighted by atomic mass is 10.1. The second kappa shape index (κ2) is 18.3. The maximum Gasteiger partial charge on any atom is 0.351 e.